The van der Waals surface area contributed by atoms with Crippen LogP contribution in [0.15, 0.2) is 35.3 Å². The van der Waals surface area contributed by atoms with E-state index in [1.165, 1.54) is 0 Å². The van der Waals surface area contributed by atoms with Gasteiger partial charge in [0.25, 0.3) is 0 Å². The van der Waals surface area contributed by atoms with Crippen molar-refractivity contribution in [1.29, 1.82) is 0 Å². The van der Waals surface area contributed by atoms with Crippen molar-refractivity contribution in [2.75, 3.05) is 20.3 Å². The number of nitrogens with one attached hydrogen (secondary N) is 1. The summed E-state index contributed by atoms with van der Waals surface area (Å²) in [5.41, 5.74) is 3.02. The van der Waals surface area contributed by atoms with Crippen LogP contribution in [-0.4, -0.2) is 36.2 Å². The maximum absolute atomic E-state index is 11.6. The average molecular weight is 349 g/mol. The first-order chi connectivity index (χ1) is 11.6. The summed E-state index contributed by atoms with van der Waals surface area (Å²) in [6.45, 7) is 4.40. The van der Waals surface area contributed by atoms with Crippen LogP contribution in [0.2, 0.25) is 5.02 Å². The molecule has 0 saturated heterocycles. The number of fused-ring (bicyclic) bond motifs is 1. The molecule has 24 heavy (non-hydrogen) atoms. The fourth-order valence-corrected chi connectivity index (χ4v) is 3.41. The molecule has 0 fully saturated rings. The molecule has 3 rings (SSSR count). The summed E-state index contributed by atoms with van der Waals surface area (Å²) in [6.07, 6.45) is 1.67. The van der Waals surface area contributed by atoms with E-state index in [4.69, 9.17) is 21.1 Å². The molecule has 0 aliphatic carbocycles. The molecule has 1 aromatic carbocycles. The van der Waals surface area contributed by atoms with Crippen molar-refractivity contribution in [3.63, 3.8) is 0 Å². The van der Waals surface area contributed by atoms with Crippen molar-refractivity contribution in [2.24, 2.45) is 0 Å². The number of aromatic nitrogens is 1. The van der Waals surface area contributed by atoms with E-state index in [1.807, 2.05) is 19.1 Å². The quantitative estimate of drug-likeness (QED) is 0.923. The number of hydrogen-bond acceptors (Lipinski definition) is 4. The van der Waals surface area contributed by atoms with Gasteiger partial charge in [-0.2, -0.15) is 0 Å². The number of aromatic amines is 1. The first-order valence-electron chi connectivity index (χ1n) is 7.89. The minimum absolute atomic E-state index is 0.0815. The van der Waals surface area contributed by atoms with Crippen molar-refractivity contribution >= 4 is 11.6 Å². The van der Waals surface area contributed by atoms with E-state index >= 15 is 0 Å². The highest BCUT2D eigenvalue weighted by atomic mass is 35.5. The van der Waals surface area contributed by atoms with E-state index in [2.05, 4.69) is 16.0 Å². The van der Waals surface area contributed by atoms with Crippen LogP contribution in [0.3, 0.4) is 0 Å². The molecular weight excluding hydrogens is 328 g/mol. The Bertz CT molecular complexity index is 775. The number of rotatable bonds is 4. The first-order valence-corrected chi connectivity index (χ1v) is 8.27. The van der Waals surface area contributed by atoms with Gasteiger partial charge in [-0.05, 0) is 30.2 Å². The minimum atomic E-state index is -0.0962. The van der Waals surface area contributed by atoms with Gasteiger partial charge in [0.05, 0.1) is 17.7 Å². The smallest absolute Gasteiger partial charge is 0.248 e. The lowest BCUT2D eigenvalue weighted by Gasteiger charge is -2.28. The summed E-state index contributed by atoms with van der Waals surface area (Å²) in [5, 5.41) is 0.638. The van der Waals surface area contributed by atoms with Crippen LogP contribution in [0, 0.1) is 6.92 Å². The predicted octanol–water partition coefficient (Wildman–Crippen LogP) is 2.75. The summed E-state index contributed by atoms with van der Waals surface area (Å²) in [5.74, 6) is 0.747. The molecule has 0 spiro atoms. The van der Waals surface area contributed by atoms with Crippen molar-refractivity contribution in [3.8, 4) is 5.75 Å². The third-order valence-electron chi connectivity index (χ3n) is 4.16. The lowest BCUT2D eigenvalue weighted by atomic mass is 10.1. The predicted molar refractivity (Wildman–Crippen MR) is 93.7 cm³/mol. The zero-order valence-corrected chi connectivity index (χ0v) is 14.6. The Morgan fingerprint density at radius 2 is 2.25 bits per heavy atom. The molecule has 1 unspecified atom stereocenters. The standard InChI is InChI=1S/C18H21ClN2O3/c1-12-5-14-9-21(8-13-3-4-20-17(22)7-13)15(10-23-2)11-24-18(14)16(19)6-12/h3-7,15H,8-11H2,1-2H3,(H,20,22). The van der Waals surface area contributed by atoms with E-state index in [0.717, 1.165) is 22.4 Å². The summed E-state index contributed by atoms with van der Waals surface area (Å²) >= 11 is 6.35. The summed E-state index contributed by atoms with van der Waals surface area (Å²) in [6, 6.07) is 7.64. The SMILES string of the molecule is COCC1COc2c(Cl)cc(C)cc2CN1Cc1cc[nH]c(=O)c1. The molecular formula is C18H21ClN2O3. The third kappa shape index (κ3) is 3.80. The lowest BCUT2D eigenvalue weighted by molar-refractivity contribution is 0.0594. The molecule has 0 saturated carbocycles. The minimum Gasteiger partial charge on any atom is -0.490 e. The molecule has 1 aromatic heterocycles. The van der Waals surface area contributed by atoms with Crippen LogP contribution in [0.4, 0.5) is 0 Å². The number of benzene rings is 1. The molecule has 5 nitrogen and oxygen atoms in total. The van der Waals surface area contributed by atoms with Gasteiger partial charge >= 0.3 is 0 Å². The Morgan fingerprint density at radius 1 is 1.42 bits per heavy atom. The summed E-state index contributed by atoms with van der Waals surface area (Å²) in [4.78, 5) is 16.5. The molecule has 0 amide bonds. The Hall–Kier alpha value is -1.82. The number of pyridine rings is 1. The molecule has 1 N–H and O–H groups in total. The maximum atomic E-state index is 11.6. The van der Waals surface area contributed by atoms with Gasteiger partial charge in [-0.15, -0.1) is 0 Å². The lowest BCUT2D eigenvalue weighted by Crippen LogP contribution is -2.40. The number of ether oxygens (including phenoxy) is 2. The van der Waals surface area contributed by atoms with Gasteiger partial charge in [0, 0.05) is 38.0 Å². The zero-order chi connectivity index (χ0) is 17.1. The largest absolute Gasteiger partial charge is 0.490 e. The Kier molecular flexibility index (Phi) is 5.23. The van der Waals surface area contributed by atoms with Gasteiger partial charge in [0.15, 0.2) is 0 Å². The highest BCUT2D eigenvalue weighted by Crippen LogP contribution is 2.34. The second-order valence-electron chi connectivity index (χ2n) is 6.12. The first kappa shape index (κ1) is 17.0. The average Bonchev–Trinajstić information content (AvgIpc) is 2.68. The highest BCUT2D eigenvalue weighted by molar-refractivity contribution is 6.32. The highest BCUT2D eigenvalue weighted by Gasteiger charge is 2.26. The van der Waals surface area contributed by atoms with Crippen LogP contribution in [0.1, 0.15) is 16.7 Å². The molecule has 1 aliphatic rings. The zero-order valence-electron chi connectivity index (χ0n) is 13.8. The molecule has 6 heteroatoms. The third-order valence-corrected chi connectivity index (χ3v) is 4.44. The van der Waals surface area contributed by atoms with Gasteiger partial charge in [-0.1, -0.05) is 17.7 Å². The maximum Gasteiger partial charge on any atom is 0.248 e. The van der Waals surface area contributed by atoms with Gasteiger partial charge in [-0.25, -0.2) is 0 Å². The number of hydrogen-bond donors (Lipinski definition) is 1. The molecule has 0 bridgehead atoms. The Morgan fingerprint density at radius 3 is 3.00 bits per heavy atom. The van der Waals surface area contributed by atoms with Crippen LogP contribution < -0.4 is 10.3 Å². The number of halogens is 1. The molecule has 128 valence electrons. The second-order valence-corrected chi connectivity index (χ2v) is 6.53. The van der Waals surface area contributed by atoms with Crippen molar-refractivity contribution in [3.05, 3.63) is 62.5 Å². The van der Waals surface area contributed by atoms with Gasteiger partial charge in [-0.3, -0.25) is 9.69 Å². The number of aryl methyl sites for hydroxylation is 1. The van der Waals surface area contributed by atoms with Crippen LogP contribution >= 0.6 is 11.6 Å². The normalized spacial score (nSPS) is 17.9. The molecule has 1 aliphatic heterocycles. The molecule has 1 atom stereocenters. The molecule has 2 aromatic rings. The van der Waals surface area contributed by atoms with E-state index in [1.54, 1.807) is 19.4 Å². The van der Waals surface area contributed by atoms with Crippen LogP contribution in [0.5, 0.6) is 5.75 Å². The monoisotopic (exact) mass is 348 g/mol. The summed E-state index contributed by atoms with van der Waals surface area (Å²) < 4.78 is 11.3. The Balaban J connectivity index is 1.92. The Labute approximate surface area is 146 Å². The van der Waals surface area contributed by atoms with E-state index in [0.29, 0.717) is 31.3 Å². The van der Waals surface area contributed by atoms with E-state index < -0.39 is 0 Å². The van der Waals surface area contributed by atoms with E-state index in [-0.39, 0.29) is 11.6 Å². The van der Waals surface area contributed by atoms with Crippen LogP contribution in [0.25, 0.3) is 0 Å². The second kappa shape index (κ2) is 7.38. The fraction of sp³-hybridized carbons (Fsp3) is 0.389. The van der Waals surface area contributed by atoms with Gasteiger partial charge in [0.1, 0.15) is 12.4 Å². The van der Waals surface area contributed by atoms with Gasteiger partial charge in [0.2, 0.25) is 5.56 Å². The summed E-state index contributed by atoms with van der Waals surface area (Å²) in [7, 11) is 1.68. The number of H-pyrrole nitrogens is 1. The molecule has 2 heterocycles. The number of nitrogens with zero attached hydrogens (tertiary/aromatic N) is 1. The van der Waals surface area contributed by atoms with Crippen LogP contribution in [-0.2, 0) is 17.8 Å². The topological polar surface area (TPSA) is 54.6 Å². The molecule has 0 radical (unpaired) electrons. The van der Waals surface area contributed by atoms with E-state index in [9.17, 15) is 4.79 Å². The number of methoxy groups -OCH3 is 1. The van der Waals surface area contributed by atoms with Gasteiger partial charge < -0.3 is 14.5 Å². The van der Waals surface area contributed by atoms with Crippen molar-refractivity contribution < 1.29 is 9.47 Å². The van der Waals surface area contributed by atoms with Crippen molar-refractivity contribution in [1.82, 2.24) is 9.88 Å². The van der Waals surface area contributed by atoms with Crippen molar-refractivity contribution in [2.45, 2.75) is 26.1 Å². The fourth-order valence-electron chi connectivity index (χ4n) is 3.07.